The van der Waals surface area contributed by atoms with Gasteiger partial charge in [-0.2, -0.15) is 0 Å². The Bertz CT molecular complexity index is 956. The first-order chi connectivity index (χ1) is 14.6. The lowest BCUT2D eigenvalue weighted by atomic mass is 10.2. The van der Waals surface area contributed by atoms with Gasteiger partial charge in [-0.15, -0.1) is 0 Å². The predicted molar refractivity (Wildman–Crippen MR) is 117 cm³/mol. The molecule has 1 heterocycles. The molecule has 1 aromatic heterocycles. The van der Waals surface area contributed by atoms with E-state index in [4.69, 9.17) is 9.47 Å². The topological polar surface area (TPSA) is 85.6 Å². The molecule has 8 heteroatoms. The van der Waals surface area contributed by atoms with Crippen molar-refractivity contribution in [3.8, 4) is 11.5 Å². The maximum atomic E-state index is 12.3. The monoisotopic (exact) mass is 427 g/mol. The van der Waals surface area contributed by atoms with Crippen LogP contribution in [0.25, 0.3) is 0 Å². The van der Waals surface area contributed by atoms with Gasteiger partial charge in [0.15, 0.2) is 5.16 Å². The summed E-state index contributed by atoms with van der Waals surface area (Å²) in [6.45, 7) is 2.94. The molecule has 0 fully saturated rings. The minimum absolute atomic E-state index is 0.123. The number of anilines is 1. The van der Waals surface area contributed by atoms with Crippen molar-refractivity contribution in [1.82, 2.24) is 9.55 Å². The summed E-state index contributed by atoms with van der Waals surface area (Å²) < 4.78 is 12.5. The van der Waals surface area contributed by atoms with Gasteiger partial charge in [-0.05, 0) is 48.9 Å². The number of carbonyl (C=O) groups is 1. The number of hydrogen-bond donors (Lipinski definition) is 2. The van der Waals surface area contributed by atoms with Crippen LogP contribution in [-0.2, 0) is 17.9 Å². The van der Waals surface area contributed by atoms with Gasteiger partial charge in [0.05, 0.1) is 38.0 Å². The van der Waals surface area contributed by atoms with Gasteiger partial charge in [0.1, 0.15) is 11.5 Å². The van der Waals surface area contributed by atoms with E-state index in [9.17, 15) is 9.90 Å². The molecule has 3 rings (SSSR count). The third-order valence-corrected chi connectivity index (χ3v) is 5.34. The number of thioether (sulfide) groups is 1. The summed E-state index contributed by atoms with van der Waals surface area (Å²) in [6.07, 6.45) is 1.64. The summed E-state index contributed by atoms with van der Waals surface area (Å²) in [5.74, 6) is 1.63. The summed E-state index contributed by atoms with van der Waals surface area (Å²) in [4.78, 5) is 16.7. The Hall–Kier alpha value is -2.97. The van der Waals surface area contributed by atoms with Gasteiger partial charge in [-0.25, -0.2) is 4.98 Å². The van der Waals surface area contributed by atoms with Crippen molar-refractivity contribution >= 4 is 23.4 Å². The van der Waals surface area contributed by atoms with Crippen molar-refractivity contribution in [2.45, 2.75) is 25.2 Å². The quantitative estimate of drug-likeness (QED) is 0.481. The molecule has 158 valence electrons. The average molecular weight is 428 g/mol. The first-order valence-electron chi connectivity index (χ1n) is 9.56. The van der Waals surface area contributed by atoms with Crippen LogP contribution < -0.4 is 14.8 Å². The third-order valence-electron chi connectivity index (χ3n) is 4.34. The Morgan fingerprint density at radius 2 is 1.83 bits per heavy atom. The standard InChI is InChI=1S/C22H25N3O4S/c1-3-29-20-10-6-17(7-11-20)24-21(27)15-30-22-23-12-18(14-26)25(22)13-16-4-8-19(28-2)9-5-16/h4-12,26H,3,13-15H2,1-2H3,(H,24,27). The van der Waals surface area contributed by atoms with Gasteiger partial charge < -0.3 is 24.5 Å². The molecule has 0 aliphatic rings. The lowest BCUT2D eigenvalue weighted by Gasteiger charge is -2.11. The molecule has 0 aliphatic carbocycles. The van der Waals surface area contributed by atoms with Crippen molar-refractivity contribution in [3.63, 3.8) is 0 Å². The summed E-state index contributed by atoms with van der Waals surface area (Å²) >= 11 is 1.33. The largest absolute Gasteiger partial charge is 0.497 e. The number of hydrogen-bond acceptors (Lipinski definition) is 6. The van der Waals surface area contributed by atoms with E-state index in [1.165, 1.54) is 11.8 Å². The highest BCUT2D eigenvalue weighted by Crippen LogP contribution is 2.22. The molecule has 2 N–H and O–H groups in total. The molecule has 0 atom stereocenters. The number of aliphatic hydroxyl groups is 1. The van der Waals surface area contributed by atoms with E-state index >= 15 is 0 Å². The zero-order valence-electron chi connectivity index (χ0n) is 17.0. The Kier molecular flexibility index (Phi) is 7.75. The smallest absolute Gasteiger partial charge is 0.234 e. The number of nitrogens with zero attached hydrogens (tertiary/aromatic N) is 2. The molecular formula is C22H25N3O4S. The first-order valence-corrected chi connectivity index (χ1v) is 10.5. The Morgan fingerprint density at radius 1 is 1.13 bits per heavy atom. The molecule has 0 bridgehead atoms. The van der Waals surface area contributed by atoms with Gasteiger partial charge in [0.2, 0.25) is 5.91 Å². The highest BCUT2D eigenvalue weighted by atomic mass is 32.2. The number of aliphatic hydroxyl groups excluding tert-OH is 1. The van der Waals surface area contributed by atoms with Crippen LogP contribution in [-0.4, -0.2) is 40.0 Å². The number of nitrogens with one attached hydrogen (secondary N) is 1. The number of methoxy groups -OCH3 is 1. The Morgan fingerprint density at radius 3 is 2.47 bits per heavy atom. The summed E-state index contributed by atoms with van der Waals surface area (Å²) in [5.41, 5.74) is 2.45. The summed E-state index contributed by atoms with van der Waals surface area (Å²) in [5, 5.41) is 13.2. The Labute approximate surface area is 180 Å². The van der Waals surface area contributed by atoms with Crippen molar-refractivity contribution < 1.29 is 19.4 Å². The lowest BCUT2D eigenvalue weighted by Crippen LogP contribution is -2.15. The SMILES string of the molecule is CCOc1ccc(NC(=O)CSc2ncc(CO)n2Cc2ccc(OC)cc2)cc1. The average Bonchev–Trinajstić information content (AvgIpc) is 3.16. The second-order valence-corrected chi connectivity index (χ2v) is 7.36. The zero-order valence-corrected chi connectivity index (χ0v) is 17.8. The molecule has 30 heavy (non-hydrogen) atoms. The number of benzene rings is 2. The summed E-state index contributed by atoms with van der Waals surface area (Å²) in [6, 6.07) is 15.0. The van der Waals surface area contributed by atoms with E-state index in [-0.39, 0.29) is 18.3 Å². The van der Waals surface area contributed by atoms with Gasteiger partial charge >= 0.3 is 0 Å². The molecule has 2 aromatic carbocycles. The Balaban J connectivity index is 1.61. The van der Waals surface area contributed by atoms with Gasteiger partial charge in [-0.1, -0.05) is 23.9 Å². The zero-order chi connectivity index (χ0) is 21.3. The van der Waals surface area contributed by atoms with Crippen molar-refractivity contribution in [1.29, 1.82) is 0 Å². The molecule has 0 unspecified atom stereocenters. The second kappa shape index (κ2) is 10.7. The minimum Gasteiger partial charge on any atom is -0.497 e. The van der Waals surface area contributed by atoms with Crippen molar-refractivity contribution in [3.05, 3.63) is 66.0 Å². The molecule has 0 saturated carbocycles. The van der Waals surface area contributed by atoms with Crippen LogP contribution in [0.3, 0.4) is 0 Å². The van der Waals surface area contributed by atoms with E-state index in [0.717, 1.165) is 17.1 Å². The maximum Gasteiger partial charge on any atom is 0.234 e. The van der Waals surface area contributed by atoms with Crippen LogP contribution in [0.1, 0.15) is 18.2 Å². The second-order valence-electron chi connectivity index (χ2n) is 6.42. The summed E-state index contributed by atoms with van der Waals surface area (Å²) in [7, 11) is 1.63. The number of imidazole rings is 1. The molecular weight excluding hydrogens is 402 g/mol. The minimum atomic E-state index is -0.131. The highest BCUT2D eigenvalue weighted by Gasteiger charge is 2.13. The first kappa shape index (κ1) is 21.7. The van der Waals surface area contributed by atoms with E-state index in [1.54, 1.807) is 13.3 Å². The molecule has 1 amide bonds. The number of amides is 1. The van der Waals surface area contributed by atoms with Crippen LogP contribution in [0.15, 0.2) is 59.9 Å². The highest BCUT2D eigenvalue weighted by molar-refractivity contribution is 7.99. The molecule has 0 saturated heterocycles. The van der Waals surface area contributed by atoms with Crippen molar-refractivity contribution in [2.75, 3.05) is 24.8 Å². The third kappa shape index (κ3) is 5.77. The predicted octanol–water partition coefficient (Wildman–Crippen LogP) is 3.56. The fraction of sp³-hybridized carbons (Fsp3) is 0.273. The van der Waals surface area contributed by atoms with E-state index in [1.807, 2.05) is 60.0 Å². The fourth-order valence-electron chi connectivity index (χ4n) is 2.84. The van der Waals surface area contributed by atoms with Crippen LogP contribution in [0.2, 0.25) is 0 Å². The maximum absolute atomic E-state index is 12.3. The van der Waals surface area contributed by atoms with Crippen molar-refractivity contribution in [2.24, 2.45) is 0 Å². The number of ether oxygens (including phenoxy) is 2. The van der Waals surface area contributed by atoms with Gasteiger partial charge in [-0.3, -0.25) is 4.79 Å². The van der Waals surface area contributed by atoms with Crippen LogP contribution in [0.4, 0.5) is 5.69 Å². The van der Waals surface area contributed by atoms with E-state index < -0.39 is 0 Å². The molecule has 7 nitrogen and oxygen atoms in total. The van der Waals surface area contributed by atoms with Gasteiger partial charge in [0.25, 0.3) is 0 Å². The molecule has 0 radical (unpaired) electrons. The van der Waals surface area contributed by atoms with E-state index in [2.05, 4.69) is 10.3 Å². The normalized spacial score (nSPS) is 10.6. The molecule has 0 spiro atoms. The number of rotatable bonds is 10. The van der Waals surface area contributed by atoms with Gasteiger partial charge in [0, 0.05) is 12.2 Å². The van der Waals surface area contributed by atoms with Crippen LogP contribution in [0.5, 0.6) is 11.5 Å². The number of aromatic nitrogens is 2. The molecule has 3 aromatic rings. The van der Waals surface area contributed by atoms with E-state index in [0.29, 0.717) is 29.7 Å². The van der Waals surface area contributed by atoms with Crippen LogP contribution in [0, 0.1) is 0 Å². The fourth-order valence-corrected chi connectivity index (χ4v) is 3.64. The molecule has 0 aliphatic heterocycles. The van der Waals surface area contributed by atoms with Crippen LogP contribution >= 0.6 is 11.8 Å². The number of carbonyl (C=O) groups excluding carboxylic acids is 1. The lowest BCUT2D eigenvalue weighted by molar-refractivity contribution is -0.113.